The quantitative estimate of drug-likeness (QED) is 0.613. The van der Waals surface area contributed by atoms with Gasteiger partial charge in [-0.15, -0.1) is 0 Å². The Balaban J connectivity index is 4.06. The Morgan fingerprint density at radius 3 is 2.64 bits per heavy atom. The van der Waals surface area contributed by atoms with Crippen LogP contribution in [0, 0.1) is 0 Å². The number of nitrogens with one attached hydrogen (secondary N) is 1. The van der Waals surface area contributed by atoms with Crippen LogP contribution >= 0.6 is 0 Å². The fraction of sp³-hybridized carbons (Fsp3) is 0.444. The van der Waals surface area contributed by atoms with Gasteiger partial charge in [0.05, 0.1) is 0 Å². The van der Waals surface area contributed by atoms with Crippen LogP contribution in [0.4, 0.5) is 0 Å². The highest BCUT2D eigenvalue weighted by Crippen LogP contribution is 1.88. The molecule has 1 N–H and O–H groups in total. The molecule has 0 bridgehead atoms. The van der Waals surface area contributed by atoms with Crippen molar-refractivity contribution in [2.75, 3.05) is 6.54 Å². The minimum absolute atomic E-state index is 0.837. The SMILES string of the molecule is C=CNC(C)=CC(C)=NCC. The van der Waals surface area contributed by atoms with E-state index >= 15 is 0 Å². The van der Waals surface area contributed by atoms with E-state index in [4.69, 9.17) is 0 Å². The smallest absolute Gasteiger partial charge is 0.0364 e. The number of hydrogen-bond donors (Lipinski definition) is 1. The van der Waals surface area contributed by atoms with Gasteiger partial charge in [0, 0.05) is 18.0 Å². The zero-order valence-corrected chi connectivity index (χ0v) is 7.52. The van der Waals surface area contributed by atoms with Crippen molar-refractivity contribution in [1.82, 2.24) is 5.32 Å². The lowest BCUT2D eigenvalue weighted by atomic mass is 10.3. The molecule has 2 heteroatoms. The zero-order valence-electron chi connectivity index (χ0n) is 7.52. The van der Waals surface area contributed by atoms with Crippen molar-refractivity contribution >= 4 is 5.71 Å². The predicted octanol–water partition coefficient (Wildman–Crippen LogP) is 2.10. The second kappa shape index (κ2) is 5.71. The third kappa shape index (κ3) is 5.40. The van der Waals surface area contributed by atoms with E-state index in [1.807, 2.05) is 26.8 Å². The molecule has 0 heterocycles. The van der Waals surface area contributed by atoms with Gasteiger partial charge in [0.15, 0.2) is 0 Å². The van der Waals surface area contributed by atoms with E-state index in [-0.39, 0.29) is 0 Å². The van der Waals surface area contributed by atoms with Gasteiger partial charge in [-0.25, -0.2) is 0 Å². The van der Waals surface area contributed by atoms with Gasteiger partial charge < -0.3 is 5.32 Å². The largest absolute Gasteiger partial charge is 0.366 e. The summed E-state index contributed by atoms with van der Waals surface area (Å²) in [6, 6.07) is 0. The summed E-state index contributed by atoms with van der Waals surface area (Å²) < 4.78 is 0. The molecule has 0 aromatic carbocycles. The summed E-state index contributed by atoms with van der Waals surface area (Å²) in [4.78, 5) is 4.21. The van der Waals surface area contributed by atoms with Crippen LogP contribution in [0.3, 0.4) is 0 Å². The molecule has 0 amide bonds. The van der Waals surface area contributed by atoms with Crippen LogP contribution in [0.15, 0.2) is 29.5 Å². The van der Waals surface area contributed by atoms with Gasteiger partial charge in [-0.2, -0.15) is 0 Å². The van der Waals surface area contributed by atoms with Crippen LogP contribution in [-0.4, -0.2) is 12.3 Å². The molecule has 0 rings (SSSR count). The molecular weight excluding hydrogens is 136 g/mol. The van der Waals surface area contributed by atoms with E-state index in [9.17, 15) is 0 Å². The maximum atomic E-state index is 4.21. The summed E-state index contributed by atoms with van der Waals surface area (Å²) in [5.41, 5.74) is 2.11. The molecule has 0 unspecified atom stereocenters. The maximum absolute atomic E-state index is 4.21. The van der Waals surface area contributed by atoms with Crippen molar-refractivity contribution in [2.24, 2.45) is 4.99 Å². The Bertz CT molecular complexity index is 178. The van der Waals surface area contributed by atoms with Crippen LogP contribution in [0.5, 0.6) is 0 Å². The van der Waals surface area contributed by atoms with E-state index in [0.29, 0.717) is 0 Å². The van der Waals surface area contributed by atoms with Gasteiger partial charge in [-0.05, 0) is 33.0 Å². The van der Waals surface area contributed by atoms with Crippen LogP contribution in [0.2, 0.25) is 0 Å². The Labute approximate surface area is 68.7 Å². The number of nitrogens with zero attached hydrogens (tertiary/aromatic N) is 1. The highest BCUT2D eigenvalue weighted by Gasteiger charge is 1.85. The lowest BCUT2D eigenvalue weighted by molar-refractivity contribution is 1.06. The van der Waals surface area contributed by atoms with Crippen LogP contribution in [0.1, 0.15) is 20.8 Å². The molecule has 2 nitrogen and oxygen atoms in total. The third-order valence-electron chi connectivity index (χ3n) is 1.16. The molecule has 0 atom stereocenters. The van der Waals surface area contributed by atoms with Gasteiger partial charge in [0.25, 0.3) is 0 Å². The molecule has 0 fully saturated rings. The number of aliphatic imine (C=N–C) groups is 1. The summed E-state index contributed by atoms with van der Waals surface area (Å²) >= 11 is 0. The van der Waals surface area contributed by atoms with Crippen LogP contribution in [-0.2, 0) is 0 Å². The van der Waals surface area contributed by atoms with Crippen LogP contribution in [0.25, 0.3) is 0 Å². The lowest BCUT2D eigenvalue weighted by Crippen LogP contribution is -2.02. The molecule has 0 aliphatic heterocycles. The average Bonchev–Trinajstić information content (AvgIpc) is 1.87. The molecule has 0 aliphatic rings. The van der Waals surface area contributed by atoms with Crippen molar-refractivity contribution in [3.63, 3.8) is 0 Å². The first-order valence-electron chi connectivity index (χ1n) is 3.77. The normalized spacial score (nSPS) is 13.0. The molecule has 0 aromatic heterocycles. The highest BCUT2D eigenvalue weighted by atomic mass is 14.8. The first kappa shape index (κ1) is 9.95. The molecular formula is C9H16N2. The Hall–Kier alpha value is -1.05. The fourth-order valence-corrected chi connectivity index (χ4v) is 0.811. The van der Waals surface area contributed by atoms with E-state index < -0.39 is 0 Å². The molecule has 0 saturated heterocycles. The summed E-state index contributed by atoms with van der Waals surface area (Å²) in [6.07, 6.45) is 3.65. The summed E-state index contributed by atoms with van der Waals surface area (Å²) in [5.74, 6) is 0. The fourth-order valence-electron chi connectivity index (χ4n) is 0.811. The lowest BCUT2D eigenvalue weighted by Gasteiger charge is -1.98. The van der Waals surface area contributed by atoms with E-state index in [0.717, 1.165) is 18.0 Å². The summed E-state index contributed by atoms with van der Waals surface area (Å²) in [5, 5.41) is 2.98. The molecule has 0 radical (unpaired) electrons. The van der Waals surface area contributed by atoms with Gasteiger partial charge >= 0.3 is 0 Å². The molecule has 0 aromatic rings. The number of rotatable bonds is 4. The van der Waals surface area contributed by atoms with E-state index in [1.54, 1.807) is 6.20 Å². The summed E-state index contributed by atoms with van der Waals surface area (Å²) in [7, 11) is 0. The first-order chi connectivity index (χ1) is 5.20. The van der Waals surface area contributed by atoms with E-state index in [2.05, 4.69) is 16.9 Å². The van der Waals surface area contributed by atoms with Crippen molar-refractivity contribution in [2.45, 2.75) is 20.8 Å². The average molecular weight is 152 g/mol. The van der Waals surface area contributed by atoms with E-state index in [1.165, 1.54) is 0 Å². The van der Waals surface area contributed by atoms with Crippen molar-refractivity contribution < 1.29 is 0 Å². The van der Waals surface area contributed by atoms with Crippen LogP contribution < -0.4 is 5.32 Å². The van der Waals surface area contributed by atoms with Gasteiger partial charge in [-0.1, -0.05) is 6.58 Å². The minimum Gasteiger partial charge on any atom is -0.366 e. The molecule has 0 spiro atoms. The molecule has 0 aliphatic carbocycles. The number of hydrogen-bond acceptors (Lipinski definition) is 2. The standard InChI is InChI=1S/C9H16N2/c1-5-10-8(3)7-9(4)11-6-2/h5,7,10H,1,6H2,2-4H3. The molecule has 62 valence electrons. The Morgan fingerprint density at radius 2 is 2.18 bits per heavy atom. The summed E-state index contributed by atoms with van der Waals surface area (Å²) in [6.45, 7) is 10.4. The topological polar surface area (TPSA) is 24.4 Å². The second-order valence-electron chi connectivity index (χ2n) is 2.29. The monoisotopic (exact) mass is 152 g/mol. The third-order valence-corrected chi connectivity index (χ3v) is 1.16. The molecule has 11 heavy (non-hydrogen) atoms. The zero-order chi connectivity index (χ0) is 8.69. The van der Waals surface area contributed by atoms with Gasteiger partial charge in [0.1, 0.15) is 0 Å². The van der Waals surface area contributed by atoms with Crippen molar-refractivity contribution in [1.29, 1.82) is 0 Å². The Morgan fingerprint density at radius 1 is 1.55 bits per heavy atom. The minimum atomic E-state index is 0.837. The highest BCUT2D eigenvalue weighted by molar-refractivity contribution is 5.93. The maximum Gasteiger partial charge on any atom is 0.0364 e. The van der Waals surface area contributed by atoms with Gasteiger partial charge in [0.2, 0.25) is 0 Å². The number of allylic oxidation sites excluding steroid dienone is 2. The van der Waals surface area contributed by atoms with Crippen molar-refractivity contribution in [3.05, 3.63) is 24.6 Å². The first-order valence-corrected chi connectivity index (χ1v) is 3.77. The second-order valence-corrected chi connectivity index (χ2v) is 2.29. The van der Waals surface area contributed by atoms with Crippen molar-refractivity contribution in [3.8, 4) is 0 Å². The predicted molar refractivity (Wildman–Crippen MR) is 50.7 cm³/mol. The van der Waals surface area contributed by atoms with Gasteiger partial charge in [-0.3, -0.25) is 4.99 Å². The molecule has 0 saturated carbocycles. The Kier molecular flexibility index (Phi) is 5.17.